The van der Waals surface area contributed by atoms with Crippen LogP contribution in [0, 0.1) is 0 Å². The van der Waals surface area contributed by atoms with Crippen molar-refractivity contribution in [2.75, 3.05) is 6.54 Å². The smallest absolute Gasteiger partial charge is 0.234 e. The van der Waals surface area contributed by atoms with Crippen molar-refractivity contribution in [1.82, 2.24) is 4.90 Å². The fourth-order valence-corrected chi connectivity index (χ4v) is 4.56. The molecule has 4 nitrogen and oxygen atoms in total. The minimum atomic E-state index is -0.228. The van der Waals surface area contributed by atoms with E-state index in [4.69, 9.17) is 11.5 Å². The van der Waals surface area contributed by atoms with Crippen molar-refractivity contribution in [2.45, 2.75) is 50.7 Å². The van der Waals surface area contributed by atoms with Gasteiger partial charge in [-0.1, -0.05) is 13.3 Å². The van der Waals surface area contributed by atoms with E-state index in [2.05, 4.69) is 39.2 Å². The van der Waals surface area contributed by atoms with Crippen LogP contribution in [-0.2, 0) is 4.79 Å². The average molecular weight is 360 g/mol. The second kappa shape index (κ2) is 7.02. The standard InChI is InChI=1S/C14H22BrN3OS/c1-2-10(16)13(12-7-9(15)8-20-12)18-6-4-3-5-11(18)14(17)19/h7-8,10-11,13H,2-6,16H2,1H3,(H2,17,19). The van der Waals surface area contributed by atoms with E-state index in [9.17, 15) is 4.79 Å². The van der Waals surface area contributed by atoms with Crippen LogP contribution in [0.15, 0.2) is 15.9 Å². The molecule has 0 spiro atoms. The summed E-state index contributed by atoms with van der Waals surface area (Å²) < 4.78 is 1.07. The van der Waals surface area contributed by atoms with Crippen molar-refractivity contribution < 1.29 is 4.79 Å². The number of piperidine rings is 1. The van der Waals surface area contributed by atoms with Crippen molar-refractivity contribution in [2.24, 2.45) is 11.5 Å². The zero-order chi connectivity index (χ0) is 14.7. The highest BCUT2D eigenvalue weighted by atomic mass is 79.9. The molecule has 1 aromatic rings. The van der Waals surface area contributed by atoms with Gasteiger partial charge in [0.1, 0.15) is 0 Å². The van der Waals surface area contributed by atoms with Crippen molar-refractivity contribution >= 4 is 33.2 Å². The maximum atomic E-state index is 11.8. The van der Waals surface area contributed by atoms with E-state index in [-0.39, 0.29) is 24.0 Å². The van der Waals surface area contributed by atoms with Crippen molar-refractivity contribution in [3.63, 3.8) is 0 Å². The summed E-state index contributed by atoms with van der Waals surface area (Å²) in [7, 11) is 0. The van der Waals surface area contributed by atoms with Crippen LogP contribution < -0.4 is 11.5 Å². The summed E-state index contributed by atoms with van der Waals surface area (Å²) in [5.74, 6) is -0.228. The van der Waals surface area contributed by atoms with Crippen LogP contribution in [0.25, 0.3) is 0 Å². The summed E-state index contributed by atoms with van der Waals surface area (Å²) in [5, 5.41) is 2.06. The minimum Gasteiger partial charge on any atom is -0.368 e. The number of likely N-dealkylation sites (tertiary alicyclic amines) is 1. The molecule has 4 N–H and O–H groups in total. The number of hydrogen-bond acceptors (Lipinski definition) is 4. The summed E-state index contributed by atoms with van der Waals surface area (Å²) in [6.07, 6.45) is 3.88. The minimum absolute atomic E-state index is 0.0144. The normalized spacial score (nSPS) is 23.4. The first kappa shape index (κ1) is 15.9. The van der Waals surface area contributed by atoms with Gasteiger partial charge in [0.25, 0.3) is 0 Å². The number of rotatable bonds is 5. The van der Waals surface area contributed by atoms with Crippen molar-refractivity contribution in [3.8, 4) is 0 Å². The molecule has 0 aliphatic carbocycles. The number of carbonyl (C=O) groups is 1. The highest BCUT2D eigenvalue weighted by molar-refractivity contribution is 9.10. The monoisotopic (exact) mass is 359 g/mol. The van der Waals surface area contributed by atoms with Crippen LogP contribution in [0.2, 0.25) is 0 Å². The van der Waals surface area contributed by atoms with Crippen molar-refractivity contribution in [1.29, 1.82) is 0 Å². The van der Waals surface area contributed by atoms with Gasteiger partial charge < -0.3 is 11.5 Å². The van der Waals surface area contributed by atoms with E-state index in [1.807, 2.05) is 0 Å². The first-order chi connectivity index (χ1) is 9.54. The number of nitrogens with zero attached hydrogens (tertiary/aromatic N) is 1. The van der Waals surface area contributed by atoms with Crippen LogP contribution in [-0.4, -0.2) is 29.4 Å². The van der Waals surface area contributed by atoms with E-state index in [0.29, 0.717) is 0 Å². The third kappa shape index (κ3) is 3.42. The van der Waals surface area contributed by atoms with Crippen LogP contribution in [0.4, 0.5) is 0 Å². The predicted molar refractivity (Wildman–Crippen MR) is 86.6 cm³/mol. The number of carbonyl (C=O) groups excluding carboxylic acids is 1. The Morgan fingerprint density at radius 1 is 1.60 bits per heavy atom. The lowest BCUT2D eigenvalue weighted by molar-refractivity contribution is -0.125. The molecule has 1 aliphatic rings. The second-order valence-corrected chi connectivity index (χ2v) is 7.19. The molecule has 20 heavy (non-hydrogen) atoms. The molecule has 1 saturated heterocycles. The van der Waals surface area contributed by atoms with Crippen LogP contribution in [0.1, 0.15) is 43.5 Å². The van der Waals surface area contributed by atoms with Crippen LogP contribution in [0.5, 0.6) is 0 Å². The molecule has 2 heterocycles. The molecule has 1 fully saturated rings. The van der Waals surface area contributed by atoms with Gasteiger partial charge in [-0.05, 0) is 47.8 Å². The lowest BCUT2D eigenvalue weighted by Crippen LogP contribution is -2.53. The lowest BCUT2D eigenvalue weighted by atomic mass is 9.94. The van der Waals surface area contributed by atoms with E-state index in [1.165, 1.54) is 4.88 Å². The summed E-state index contributed by atoms with van der Waals surface area (Å²) in [5.41, 5.74) is 11.9. The molecule has 2 rings (SSSR count). The van der Waals surface area contributed by atoms with Gasteiger partial charge in [0.15, 0.2) is 0 Å². The Morgan fingerprint density at radius 2 is 2.35 bits per heavy atom. The summed E-state index contributed by atoms with van der Waals surface area (Å²) in [4.78, 5) is 15.2. The third-order valence-corrected chi connectivity index (χ3v) is 5.75. The largest absolute Gasteiger partial charge is 0.368 e. The molecule has 0 radical (unpaired) electrons. The first-order valence-electron chi connectivity index (χ1n) is 7.09. The molecule has 3 atom stereocenters. The zero-order valence-electron chi connectivity index (χ0n) is 11.7. The molecule has 0 bridgehead atoms. The van der Waals surface area contributed by atoms with Gasteiger partial charge in [-0.15, -0.1) is 11.3 Å². The van der Waals surface area contributed by atoms with Crippen molar-refractivity contribution in [3.05, 3.63) is 20.8 Å². The average Bonchev–Trinajstić information content (AvgIpc) is 2.85. The highest BCUT2D eigenvalue weighted by Gasteiger charge is 2.36. The molecule has 1 amide bonds. The maximum absolute atomic E-state index is 11.8. The molecule has 6 heteroatoms. The Hall–Kier alpha value is -0.430. The number of hydrogen-bond donors (Lipinski definition) is 2. The van der Waals surface area contributed by atoms with Gasteiger partial charge >= 0.3 is 0 Å². The number of halogens is 1. The van der Waals surface area contributed by atoms with E-state index >= 15 is 0 Å². The molecular formula is C14H22BrN3OS. The summed E-state index contributed by atoms with van der Waals surface area (Å²) >= 11 is 5.19. The molecule has 112 valence electrons. The van der Waals surface area contributed by atoms with Gasteiger partial charge in [0, 0.05) is 20.8 Å². The van der Waals surface area contributed by atoms with E-state index < -0.39 is 0 Å². The zero-order valence-corrected chi connectivity index (χ0v) is 14.1. The fourth-order valence-electron chi connectivity index (χ4n) is 2.92. The van der Waals surface area contributed by atoms with Gasteiger partial charge in [-0.2, -0.15) is 0 Å². The number of thiophene rings is 1. The number of primary amides is 1. The molecule has 0 saturated carbocycles. The fraction of sp³-hybridized carbons (Fsp3) is 0.643. The van der Waals surface area contributed by atoms with E-state index in [1.54, 1.807) is 11.3 Å². The topological polar surface area (TPSA) is 72.3 Å². The predicted octanol–water partition coefficient (Wildman–Crippen LogP) is 2.63. The molecule has 1 aromatic heterocycles. The molecule has 3 unspecified atom stereocenters. The Kier molecular flexibility index (Phi) is 5.60. The molecule has 0 aromatic carbocycles. The van der Waals surface area contributed by atoms with Gasteiger partial charge in [-0.25, -0.2) is 0 Å². The SMILES string of the molecule is CCC(N)C(c1cc(Br)cs1)N1CCCCC1C(N)=O. The lowest BCUT2D eigenvalue weighted by Gasteiger charge is -2.41. The van der Waals surface area contributed by atoms with Crippen LogP contribution in [0.3, 0.4) is 0 Å². The Morgan fingerprint density at radius 3 is 2.90 bits per heavy atom. The van der Waals surface area contributed by atoms with Gasteiger partial charge in [0.2, 0.25) is 5.91 Å². The van der Waals surface area contributed by atoms with Crippen LogP contribution >= 0.6 is 27.3 Å². The third-order valence-electron chi connectivity index (χ3n) is 3.99. The Bertz CT molecular complexity index is 465. The van der Waals surface area contributed by atoms with Gasteiger partial charge in [-0.3, -0.25) is 9.69 Å². The van der Waals surface area contributed by atoms with Gasteiger partial charge in [0.05, 0.1) is 12.1 Å². The molecular weight excluding hydrogens is 338 g/mol. The molecule has 1 aliphatic heterocycles. The summed E-state index contributed by atoms with van der Waals surface area (Å²) in [6.45, 7) is 2.98. The Labute approximate surface area is 132 Å². The number of nitrogens with two attached hydrogens (primary N) is 2. The number of amides is 1. The second-order valence-electron chi connectivity index (χ2n) is 5.34. The highest BCUT2D eigenvalue weighted by Crippen LogP contribution is 2.35. The Balaban J connectivity index is 2.31. The quantitative estimate of drug-likeness (QED) is 0.848. The maximum Gasteiger partial charge on any atom is 0.234 e. The first-order valence-corrected chi connectivity index (χ1v) is 8.76. The van der Waals surface area contributed by atoms with E-state index in [0.717, 1.165) is 36.7 Å². The summed E-state index contributed by atoms with van der Waals surface area (Å²) in [6, 6.07) is 2.01.